The van der Waals surface area contributed by atoms with E-state index in [1.807, 2.05) is 24.3 Å². The normalized spacial score (nSPS) is 25.1. The largest absolute Gasteiger partial charge is 0.419 e. The second kappa shape index (κ2) is 10.8. The molecule has 2 aliphatic carbocycles. The van der Waals surface area contributed by atoms with Crippen LogP contribution in [0.1, 0.15) is 42.4 Å². The zero-order valence-electron chi connectivity index (χ0n) is 22.0. The number of amides is 2. The van der Waals surface area contributed by atoms with Crippen molar-refractivity contribution in [2.75, 3.05) is 51.6 Å². The van der Waals surface area contributed by atoms with Gasteiger partial charge in [-0.05, 0) is 81.1 Å². The molecule has 6 nitrogen and oxygen atoms in total. The third kappa shape index (κ3) is 5.75. The molecule has 0 radical (unpaired) electrons. The summed E-state index contributed by atoms with van der Waals surface area (Å²) in [5, 5.41) is 11.8. The van der Waals surface area contributed by atoms with Crippen LogP contribution in [-0.4, -0.2) is 73.1 Å². The lowest BCUT2D eigenvalue weighted by atomic mass is 9.93. The molecular formula is C29H33F4N5O. The first-order chi connectivity index (χ1) is 18.6. The Kier molecular flexibility index (Phi) is 7.57. The fourth-order valence-corrected chi connectivity index (χ4v) is 6.43. The number of nitrogens with zero attached hydrogens (tertiary/aromatic N) is 4. The standard InChI is InChI=1S/C29H33F4N5O/c1-36-13-15-37(16-14-36)11-2-12-38(27(39)35-22-7-8-25(30)23(17-22)29(31,32)33)26-9-10-28(18-24(26)28)21-5-3-20(19-34)4-6-21/h3-8,17,24,26H,2,9-16,18H2,1H3,(H,35,39)/t24-,26+,28-/m0/s1. The highest BCUT2D eigenvalue weighted by Crippen LogP contribution is 2.65. The molecule has 3 fully saturated rings. The molecular weight excluding hydrogens is 510 g/mol. The lowest BCUT2D eigenvalue weighted by Crippen LogP contribution is -2.47. The number of urea groups is 1. The molecule has 0 aromatic heterocycles. The van der Waals surface area contributed by atoms with Gasteiger partial charge in [0.1, 0.15) is 5.82 Å². The van der Waals surface area contributed by atoms with E-state index in [2.05, 4.69) is 28.2 Å². The highest BCUT2D eigenvalue weighted by Gasteiger charge is 2.64. The smallest absolute Gasteiger partial charge is 0.321 e. The number of hydrogen-bond acceptors (Lipinski definition) is 4. The molecule has 2 saturated carbocycles. The highest BCUT2D eigenvalue weighted by atomic mass is 19.4. The first-order valence-corrected chi connectivity index (χ1v) is 13.5. The van der Waals surface area contributed by atoms with Crippen molar-refractivity contribution in [3.05, 3.63) is 65.0 Å². The molecule has 1 aliphatic heterocycles. The Morgan fingerprint density at radius 2 is 1.87 bits per heavy atom. The number of benzene rings is 2. The SMILES string of the molecule is CN1CCN(CCCN(C(=O)Nc2ccc(F)c(C(F)(F)F)c2)[C@@H]2CC[C@@]3(c4ccc(C#N)cc4)C[C@@H]23)CC1. The van der Waals surface area contributed by atoms with Crippen LogP contribution in [0.25, 0.3) is 0 Å². The Morgan fingerprint density at radius 3 is 2.51 bits per heavy atom. The molecule has 0 bridgehead atoms. The summed E-state index contributed by atoms with van der Waals surface area (Å²) in [5.41, 5.74) is 0.257. The van der Waals surface area contributed by atoms with Crippen LogP contribution in [0.2, 0.25) is 0 Å². The molecule has 1 saturated heterocycles. The van der Waals surface area contributed by atoms with Crippen LogP contribution in [0, 0.1) is 23.1 Å². The minimum Gasteiger partial charge on any atom is -0.321 e. The first-order valence-electron chi connectivity index (χ1n) is 13.5. The van der Waals surface area contributed by atoms with Crippen LogP contribution in [0.15, 0.2) is 42.5 Å². The molecule has 3 aliphatic rings. The van der Waals surface area contributed by atoms with Gasteiger partial charge in [-0.25, -0.2) is 9.18 Å². The van der Waals surface area contributed by atoms with Crippen LogP contribution < -0.4 is 5.32 Å². The average Bonchev–Trinajstić information content (AvgIpc) is 3.54. The first kappa shape index (κ1) is 27.4. The summed E-state index contributed by atoms with van der Waals surface area (Å²) in [6.07, 6.45) is -1.47. The van der Waals surface area contributed by atoms with Gasteiger partial charge >= 0.3 is 12.2 Å². The van der Waals surface area contributed by atoms with Crippen molar-refractivity contribution in [3.63, 3.8) is 0 Å². The third-order valence-corrected chi connectivity index (χ3v) is 8.73. The van der Waals surface area contributed by atoms with Crippen molar-refractivity contribution in [2.45, 2.75) is 43.3 Å². The van der Waals surface area contributed by atoms with Gasteiger partial charge in [0.25, 0.3) is 0 Å². The minimum atomic E-state index is -4.85. The van der Waals surface area contributed by atoms with Crippen molar-refractivity contribution in [1.82, 2.24) is 14.7 Å². The van der Waals surface area contributed by atoms with Crippen molar-refractivity contribution < 1.29 is 22.4 Å². The summed E-state index contributed by atoms with van der Waals surface area (Å²) < 4.78 is 53.6. The summed E-state index contributed by atoms with van der Waals surface area (Å²) >= 11 is 0. The van der Waals surface area contributed by atoms with E-state index in [-0.39, 0.29) is 23.1 Å². The molecule has 10 heteroatoms. The highest BCUT2D eigenvalue weighted by molar-refractivity contribution is 5.89. The topological polar surface area (TPSA) is 62.6 Å². The van der Waals surface area contributed by atoms with Gasteiger partial charge in [-0.1, -0.05) is 12.1 Å². The molecule has 3 atom stereocenters. The van der Waals surface area contributed by atoms with Gasteiger partial charge < -0.3 is 20.0 Å². The monoisotopic (exact) mass is 543 g/mol. The molecule has 5 rings (SSSR count). The summed E-state index contributed by atoms with van der Waals surface area (Å²) in [7, 11) is 2.10. The number of hydrogen-bond donors (Lipinski definition) is 1. The zero-order valence-corrected chi connectivity index (χ0v) is 22.0. The van der Waals surface area contributed by atoms with Crippen molar-refractivity contribution in [1.29, 1.82) is 5.26 Å². The number of carbonyl (C=O) groups excluding carboxylic acids is 1. The molecule has 208 valence electrons. The number of nitriles is 1. The van der Waals surface area contributed by atoms with Crippen LogP contribution in [0.4, 0.5) is 28.0 Å². The van der Waals surface area contributed by atoms with Gasteiger partial charge in [0, 0.05) is 49.9 Å². The van der Waals surface area contributed by atoms with Crippen LogP contribution >= 0.6 is 0 Å². The van der Waals surface area contributed by atoms with Gasteiger partial charge in [0.15, 0.2) is 0 Å². The van der Waals surface area contributed by atoms with Gasteiger partial charge in [0.2, 0.25) is 0 Å². The Labute approximate surface area is 226 Å². The summed E-state index contributed by atoms with van der Waals surface area (Å²) in [5.74, 6) is -1.12. The molecule has 0 unspecified atom stereocenters. The van der Waals surface area contributed by atoms with Crippen molar-refractivity contribution >= 4 is 11.7 Å². The number of halogens is 4. The number of likely N-dealkylation sites (N-methyl/N-ethyl adjacent to an activating group) is 1. The third-order valence-electron chi connectivity index (χ3n) is 8.73. The number of nitrogens with one attached hydrogen (secondary N) is 1. The lowest BCUT2D eigenvalue weighted by molar-refractivity contribution is -0.139. The van der Waals surface area contributed by atoms with E-state index in [1.54, 1.807) is 4.90 Å². The molecule has 1 heterocycles. The number of anilines is 1. The van der Waals surface area contributed by atoms with Crippen LogP contribution in [0.3, 0.4) is 0 Å². The van der Waals surface area contributed by atoms with Gasteiger partial charge in [-0.3, -0.25) is 0 Å². The van der Waals surface area contributed by atoms with Gasteiger partial charge in [-0.2, -0.15) is 18.4 Å². The zero-order chi connectivity index (χ0) is 27.8. The maximum absolute atomic E-state index is 13.8. The number of rotatable bonds is 7. The maximum atomic E-state index is 13.8. The molecule has 1 N–H and O–H groups in total. The van der Waals surface area contributed by atoms with E-state index in [4.69, 9.17) is 5.26 Å². The number of piperazine rings is 1. The Hall–Kier alpha value is -3.16. The second-order valence-electron chi connectivity index (χ2n) is 11.1. The number of alkyl halides is 3. The minimum absolute atomic E-state index is 0.0338. The Bertz CT molecular complexity index is 1240. The predicted molar refractivity (Wildman–Crippen MR) is 140 cm³/mol. The number of fused-ring (bicyclic) bond motifs is 1. The van der Waals surface area contributed by atoms with E-state index in [1.165, 1.54) is 5.56 Å². The van der Waals surface area contributed by atoms with E-state index in [0.29, 0.717) is 18.2 Å². The fourth-order valence-electron chi connectivity index (χ4n) is 6.43. The Balaban J connectivity index is 1.31. The lowest BCUT2D eigenvalue weighted by Gasteiger charge is -2.34. The Morgan fingerprint density at radius 1 is 1.15 bits per heavy atom. The predicted octanol–water partition coefficient (Wildman–Crippen LogP) is 5.31. The quantitative estimate of drug-likeness (QED) is 0.481. The number of carbonyl (C=O) groups is 1. The summed E-state index contributed by atoms with van der Waals surface area (Å²) in [6, 6.07) is 11.8. The molecule has 2 aromatic rings. The van der Waals surface area contributed by atoms with Gasteiger partial charge in [0.05, 0.1) is 17.2 Å². The summed E-state index contributed by atoms with van der Waals surface area (Å²) in [4.78, 5) is 20.0. The van der Waals surface area contributed by atoms with E-state index in [0.717, 1.165) is 70.5 Å². The fraction of sp³-hybridized carbons (Fsp3) is 0.517. The van der Waals surface area contributed by atoms with E-state index in [9.17, 15) is 22.4 Å². The average molecular weight is 544 g/mol. The van der Waals surface area contributed by atoms with E-state index >= 15 is 0 Å². The molecule has 2 amide bonds. The van der Waals surface area contributed by atoms with Gasteiger partial charge in [-0.15, -0.1) is 0 Å². The molecule has 2 aromatic carbocycles. The maximum Gasteiger partial charge on any atom is 0.419 e. The van der Waals surface area contributed by atoms with Crippen molar-refractivity contribution in [3.8, 4) is 6.07 Å². The molecule has 39 heavy (non-hydrogen) atoms. The van der Waals surface area contributed by atoms with Crippen LogP contribution in [0.5, 0.6) is 0 Å². The second-order valence-corrected chi connectivity index (χ2v) is 11.1. The summed E-state index contributed by atoms with van der Waals surface area (Å²) in [6.45, 7) is 5.24. The van der Waals surface area contributed by atoms with Crippen LogP contribution in [-0.2, 0) is 11.6 Å². The van der Waals surface area contributed by atoms with E-state index < -0.39 is 23.6 Å². The molecule has 0 spiro atoms. The van der Waals surface area contributed by atoms with Crippen molar-refractivity contribution in [2.24, 2.45) is 5.92 Å².